The second-order valence-corrected chi connectivity index (χ2v) is 4.15. The third-order valence-corrected chi connectivity index (χ3v) is 2.84. The van der Waals surface area contributed by atoms with Crippen molar-refractivity contribution in [3.05, 3.63) is 30.1 Å². The minimum Gasteiger partial charge on any atom is -0.396 e. The molecule has 0 aliphatic heterocycles. The average Bonchev–Trinajstić information content (AvgIpc) is 3.02. The fourth-order valence-electron chi connectivity index (χ4n) is 1.79. The normalized spacial score (nSPS) is 15.2. The van der Waals surface area contributed by atoms with Gasteiger partial charge in [-0.25, -0.2) is 8.78 Å². The van der Waals surface area contributed by atoms with Gasteiger partial charge >= 0.3 is 0 Å². The number of rotatable bonds is 2. The summed E-state index contributed by atoms with van der Waals surface area (Å²) in [5.74, 6) is -1.04. The van der Waals surface area contributed by atoms with E-state index in [1.54, 1.807) is 10.9 Å². The van der Waals surface area contributed by atoms with Gasteiger partial charge in [0.2, 0.25) is 0 Å². The molecule has 6 heteroatoms. The van der Waals surface area contributed by atoms with Crippen LogP contribution in [0.1, 0.15) is 18.9 Å². The second-order valence-electron chi connectivity index (χ2n) is 4.15. The Morgan fingerprint density at radius 1 is 1.24 bits per heavy atom. The maximum atomic E-state index is 13.7. The second kappa shape index (κ2) is 3.51. The molecule has 17 heavy (non-hydrogen) atoms. The SMILES string of the molecule is Nc1cc(-c2nncn2C2CC2)c(F)cc1F. The van der Waals surface area contributed by atoms with Gasteiger partial charge in [-0.1, -0.05) is 0 Å². The molecule has 0 bridgehead atoms. The first-order chi connectivity index (χ1) is 8.16. The molecule has 0 unspecified atom stereocenters. The predicted molar refractivity (Wildman–Crippen MR) is 58.1 cm³/mol. The number of halogens is 2. The minimum absolute atomic E-state index is 0.0910. The topological polar surface area (TPSA) is 56.7 Å². The van der Waals surface area contributed by atoms with Gasteiger partial charge in [0.1, 0.15) is 18.0 Å². The van der Waals surface area contributed by atoms with Crippen molar-refractivity contribution < 1.29 is 8.78 Å². The van der Waals surface area contributed by atoms with Gasteiger partial charge in [-0.2, -0.15) is 0 Å². The number of hydrogen-bond acceptors (Lipinski definition) is 3. The van der Waals surface area contributed by atoms with Crippen molar-refractivity contribution in [2.75, 3.05) is 5.73 Å². The lowest BCUT2D eigenvalue weighted by Gasteiger charge is -2.07. The zero-order valence-corrected chi connectivity index (χ0v) is 8.90. The maximum Gasteiger partial charge on any atom is 0.167 e. The Morgan fingerprint density at radius 3 is 2.71 bits per heavy atom. The van der Waals surface area contributed by atoms with E-state index in [1.165, 1.54) is 6.07 Å². The van der Waals surface area contributed by atoms with Crippen LogP contribution in [0.25, 0.3) is 11.4 Å². The molecular weight excluding hydrogens is 226 g/mol. The van der Waals surface area contributed by atoms with Crippen molar-refractivity contribution in [2.24, 2.45) is 0 Å². The van der Waals surface area contributed by atoms with Crippen molar-refractivity contribution in [3.63, 3.8) is 0 Å². The molecule has 88 valence electrons. The zero-order chi connectivity index (χ0) is 12.0. The van der Waals surface area contributed by atoms with E-state index in [0.29, 0.717) is 11.9 Å². The van der Waals surface area contributed by atoms with Gasteiger partial charge in [0, 0.05) is 12.1 Å². The highest BCUT2D eigenvalue weighted by molar-refractivity contribution is 5.62. The zero-order valence-electron chi connectivity index (χ0n) is 8.90. The first-order valence-corrected chi connectivity index (χ1v) is 5.31. The summed E-state index contributed by atoms with van der Waals surface area (Å²) in [5, 5.41) is 7.64. The number of nitrogens with zero attached hydrogens (tertiary/aromatic N) is 3. The molecule has 1 aromatic heterocycles. The summed E-state index contributed by atoms with van der Waals surface area (Å²) in [7, 11) is 0. The van der Waals surface area contributed by atoms with E-state index in [1.807, 2.05) is 0 Å². The molecular formula is C11H10F2N4. The van der Waals surface area contributed by atoms with Crippen LogP contribution in [-0.2, 0) is 0 Å². The Labute approximate surface area is 96.1 Å². The minimum atomic E-state index is -0.760. The molecule has 0 atom stereocenters. The Morgan fingerprint density at radius 2 is 2.00 bits per heavy atom. The molecule has 1 heterocycles. The Kier molecular flexibility index (Phi) is 2.10. The van der Waals surface area contributed by atoms with Gasteiger partial charge < -0.3 is 10.3 Å². The summed E-state index contributed by atoms with van der Waals surface area (Å²) in [6, 6.07) is 2.36. The van der Waals surface area contributed by atoms with Crippen molar-refractivity contribution in [2.45, 2.75) is 18.9 Å². The van der Waals surface area contributed by atoms with Gasteiger partial charge in [0.25, 0.3) is 0 Å². The number of aromatic nitrogens is 3. The first kappa shape index (κ1) is 10.2. The van der Waals surface area contributed by atoms with Crippen molar-refractivity contribution in [3.8, 4) is 11.4 Å². The highest BCUT2D eigenvalue weighted by atomic mass is 19.1. The monoisotopic (exact) mass is 236 g/mol. The lowest BCUT2D eigenvalue weighted by Crippen LogP contribution is -2.00. The Balaban J connectivity index is 2.14. The van der Waals surface area contributed by atoms with Gasteiger partial charge in [-0.15, -0.1) is 10.2 Å². The van der Waals surface area contributed by atoms with Crippen LogP contribution < -0.4 is 5.73 Å². The lowest BCUT2D eigenvalue weighted by molar-refractivity contribution is 0.586. The van der Waals surface area contributed by atoms with E-state index < -0.39 is 11.6 Å². The quantitative estimate of drug-likeness (QED) is 0.813. The third kappa shape index (κ3) is 1.65. The van der Waals surface area contributed by atoms with Crippen LogP contribution >= 0.6 is 0 Å². The number of nitrogens with two attached hydrogens (primary N) is 1. The van der Waals surface area contributed by atoms with Gasteiger partial charge in [-0.05, 0) is 18.9 Å². The van der Waals surface area contributed by atoms with Crippen LogP contribution in [0.15, 0.2) is 18.5 Å². The van der Waals surface area contributed by atoms with E-state index in [4.69, 9.17) is 5.73 Å². The van der Waals surface area contributed by atoms with Gasteiger partial charge in [-0.3, -0.25) is 0 Å². The Bertz CT molecular complexity index is 575. The highest BCUT2D eigenvalue weighted by Gasteiger charge is 2.27. The molecule has 1 aliphatic carbocycles. The van der Waals surface area contributed by atoms with Crippen LogP contribution in [0.4, 0.5) is 14.5 Å². The molecule has 0 spiro atoms. The summed E-state index contributed by atoms with van der Waals surface area (Å²) in [6.07, 6.45) is 3.62. The number of benzene rings is 1. The molecule has 0 saturated heterocycles. The van der Waals surface area contributed by atoms with Crippen LogP contribution in [0.5, 0.6) is 0 Å². The summed E-state index contributed by atoms with van der Waals surface area (Å²) < 4.78 is 28.5. The highest BCUT2D eigenvalue weighted by Crippen LogP contribution is 2.38. The van der Waals surface area contributed by atoms with Crippen LogP contribution in [0.3, 0.4) is 0 Å². The van der Waals surface area contributed by atoms with Crippen molar-refractivity contribution >= 4 is 5.69 Å². The first-order valence-electron chi connectivity index (χ1n) is 5.31. The van der Waals surface area contributed by atoms with E-state index in [2.05, 4.69) is 10.2 Å². The molecule has 1 aliphatic rings. The molecule has 4 nitrogen and oxygen atoms in total. The van der Waals surface area contributed by atoms with Crippen molar-refractivity contribution in [1.82, 2.24) is 14.8 Å². The maximum absolute atomic E-state index is 13.7. The van der Waals surface area contributed by atoms with Gasteiger partial charge in [0.15, 0.2) is 5.82 Å². The number of nitrogen functional groups attached to an aromatic ring is 1. The smallest absolute Gasteiger partial charge is 0.167 e. The fourth-order valence-corrected chi connectivity index (χ4v) is 1.79. The average molecular weight is 236 g/mol. The summed E-state index contributed by atoms with van der Waals surface area (Å²) in [5.41, 5.74) is 5.54. The third-order valence-electron chi connectivity index (χ3n) is 2.84. The Hall–Kier alpha value is -1.98. The van der Waals surface area contributed by atoms with Crippen LogP contribution in [0, 0.1) is 11.6 Å². The standard InChI is InChI=1S/C11H10F2N4/c12-8-4-9(13)10(14)3-7(8)11-16-15-5-17(11)6-1-2-6/h3-6H,1-2,14H2. The predicted octanol–water partition coefficient (Wildman–Crippen LogP) is 2.14. The molecule has 1 fully saturated rings. The molecule has 2 aromatic rings. The molecule has 0 amide bonds. The molecule has 1 saturated carbocycles. The summed E-state index contributed by atoms with van der Waals surface area (Å²) in [6.45, 7) is 0. The molecule has 2 N–H and O–H groups in total. The van der Waals surface area contributed by atoms with Crippen molar-refractivity contribution in [1.29, 1.82) is 0 Å². The molecule has 0 radical (unpaired) electrons. The van der Waals surface area contributed by atoms with Crippen LogP contribution in [0.2, 0.25) is 0 Å². The van der Waals surface area contributed by atoms with Gasteiger partial charge in [0.05, 0.1) is 11.3 Å². The largest absolute Gasteiger partial charge is 0.396 e. The van der Waals surface area contributed by atoms with Crippen LogP contribution in [-0.4, -0.2) is 14.8 Å². The summed E-state index contributed by atoms with van der Waals surface area (Å²) in [4.78, 5) is 0. The van der Waals surface area contributed by atoms with E-state index in [9.17, 15) is 8.78 Å². The molecule has 3 rings (SSSR count). The fraction of sp³-hybridized carbons (Fsp3) is 0.273. The van der Waals surface area contributed by atoms with E-state index >= 15 is 0 Å². The van der Waals surface area contributed by atoms with E-state index in [-0.39, 0.29) is 11.3 Å². The summed E-state index contributed by atoms with van der Waals surface area (Å²) >= 11 is 0. The molecule has 1 aromatic carbocycles. The van der Waals surface area contributed by atoms with E-state index in [0.717, 1.165) is 18.9 Å². The lowest BCUT2D eigenvalue weighted by atomic mass is 10.1. The number of hydrogen-bond donors (Lipinski definition) is 1. The number of anilines is 1.